The maximum absolute atomic E-state index is 12.9. The van der Waals surface area contributed by atoms with Gasteiger partial charge in [0.25, 0.3) is 10.0 Å². The number of hydrogen-bond acceptors (Lipinski definition) is 7. The van der Waals surface area contributed by atoms with E-state index < -0.39 is 21.9 Å². The number of sulfonamides is 1. The summed E-state index contributed by atoms with van der Waals surface area (Å²) in [6.45, 7) is 4.29. The zero-order chi connectivity index (χ0) is 21.9. The zero-order valence-electron chi connectivity index (χ0n) is 16.6. The molecule has 1 unspecified atom stereocenters. The van der Waals surface area contributed by atoms with Crippen molar-refractivity contribution < 1.29 is 22.7 Å². The summed E-state index contributed by atoms with van der Waals surface area (Å²) < 4.78 is 38.4. The zero-order valence-corrected chi connectivity index (χ0v) is 18.9. The molecule has 1 saturated heterocycles. The molecule has 10 heteroatoms. The first-order chi connectivity index (χ1) is 14.3. The number of aryl methyl sites for hydroxylation is 1. The van der Waals surface area contributed by atoms with Crippen molar-refractivity contribution in [3.63, 3.8) is 0 Å². The van der Waals surface area contributed by atoms with Crippen LogP contribution in [0.3, 0.4) is 0 Å². The van der Waals surface area contributed by atoms with Crippen molar-refractivity contribution >= 4 is 38.9 Å². The third-order valence-corrected chi connectivity index (χ3v) is 8.28. The van der Waals surface area contributed by atoms with Crippen LogP contribution in [0.25, 0.3) is 0 Å². The van der Waals surface area contributed by atoms with E-state index in [0.717, 1.165) is 4.88 Å². The van der Waals surface area contributed by atoms with Crippen molar-refractivity contribution in [1.29, 1.82) is 5.26 Å². The Morgan fingerprint density at radius 1 is 1.40 bits per heavy atom. The summed E-state index contributed by atoms with van der Waals surface area (Å²) in [7, 11) is -3.66. The van der Waals surface area contributed by atoms with Crippen molar-refractivity contribution in [2.24, 2.45) is 5.92 Å². The molecule has 0 radical (unpaired) electrons. The second-order valence-corrected chi connectivity index (χ2v) is 10.7. The molecule has 160 valence electrons. The van der Waals surface area contributed by atoms with Gasteiger partial charge in [-0.2, -0.15) is 9.57 Å². The maximum atomic E-state index is 12.9. The number of carbonyl (C=O) groups excluding carboxylic acids is 1. The number of nitriles is 1. The molecule has 2 heterocycles. The SMILES string of the molecule is CCOc1cc(C#N)cc(Cl)c1OC(=O)C1CCCN(S(=O)(=O)c2ccc(C)s2)C1. The number of thiophene rings is 1. The van der Waals surface area contributed by atoms with Crippen molar-refractivity contribution in [2.45, 2.75) is 30.9 Å². The largest absolute Gasteiger partial charge is 0.490 e. The highest BCUT2D eigenvalue weighted by Crippen LogP contribution is 2.38. The highest BCUT2D eigenvalue weighted by Gasteiger charge is 2.35. The van der Waals surface area contributed by atoms with Crippen LogP contribution in [0, 0.1) is 24.2 Å². The smallest absolute Gasteiger partial charge is 0.315 e. The first-order valence-electron chi connectivity index (χ1n) is 9.41. The van der Waals surface area contributed by atoms with Gasteiger partial charge in [0.1, 0.15) is 4.21 Å². The molecule has 2 aromatic rings. The van der Waals surface area contributed by atoms with Crippen LogP contribution in [-0.2, 0) is 14.8 Å². The minimum absolute atomic E-state index is 0.0377. The number of rotatable bonds is 6. The van der Waals surface area contributed by atoms with Crippen LogP contribution in [0.1, 0.15) is 30.2 Å². The lowest BCUT2D eigenvalue weighted by Crippen LogP contribution is -2.43. The Balaban J connectivity index is 1.79. The van der Waals surface area contributed by atoms with Crippen molar-refractivity contribution in [3.8, 4) is 17.6 Å². The molecule has 0 spiro atoms. The van der Waals surface area contributed by atoms with E-state index in [4.69, 9.17) is 26.3 Å². The second-order valence-electron chi connectivity index (χ2n) is 6.82. The Kier molecular flexibility index (Phi) is 7.03. The van der Waals surface area contributed by atoms with E-state index in [2.05, 4.69) is 0 Å². The van der Waals surface area contributed by atoms with Crippen molar-refractivity contribution in [2.75, 3.05) is 19.7 Å². The van der Waals surface area contributed by atoms with E-state index in [0.29, 0.717) is 26.0 Å². The van der Waals surface area contributed by atoms with Gasteiger partial charge in [0, 0.05) is 24.0 Å². The summed E-state index contributed by atoms with van der Waals surface area (Å²) in [6, 6.07) is 8.16. The molecule has 0 amide bonds. The summed E-state index contributed by atoms with van der Waals surface area (Å²) in [5.41, 5.74) is 0.282. The molecule has 0 bridgehead atoms. The summed E-state index contributed by atoms with van der Waals surface area (Å²) in [5, 5.41) is 9.18. The number of hydrogen-bond donors (Lipinski definition) is 0. The third kappa shape index (κ3) is 4.78. The summed E-state index contributed by atoms with van der Waals surface area (Å²) in [5.74, 6) is -0.971. The number of nitrogens with zero attached hydrogens (tertiary/aromatic N) is 2. The fourth-order valence-electron chi connectivity index (χ4n) is 3.21. The molecule has 1 aliphatic heterocycles. The maximum Gasteiger partial charge on any atom is 0.315 e. The lowest BCUT2D eigenvalue weighted by molar-refractivity contribution is -0.140. The van der Waals surface area contributed by atoms with Gasteiger partial charge in [-0.25, -0.2) is 8.42 Å². The van der Waals surface area contributed by atoms with Crippen LogP contribution in [0.5, 0.6) is 11.5 Å². The molecule has 1 fully saturated rings. The Bertz CT molecular complexity index is 1090. The second kappa shape index (κ2) is 9.35. The number of piperidine rings is 1. The van der Waals surface area contributed by atoms with Gasteiger partial charge in [-0.05, 0) is 44.9 Å². The lowest BCUT2D eigenvalue weighted by atomic mass is 10.00. The van der Waals surface area contributed by atoms with E-state index in [9.17, 15) is 13.2 Å². The Morgan fingerprint density at radius 2 is 2.17 bits per heavy atom. The van der Waals surface area contributed by atoms with Gasteiger partial charge in [0.05, 0.1) is 29.2 Å². The van der Waals surface area contributed by atoms with Gasteiger partial charge < -0.3 is 9.47 Å². The molecule has 3 rings (SSSR count). The number of benzene rings is 1. The fourth-order valence-corrected chi connectivity index (χ4v) is 6.42. The number of ether oxygens (including phenoxy) is 2. The standard InChI is InChI=1S/C20H21ClN2O5S2/c1-3-27-17-10-14(11-22)9-16(21)19(17)28-20(24)15-5-4-8-23(12-15)30(25,26)18-7-6-13(2)29-18/h6-7,9-10,15H,3-5,8,12H2,1-2H3. The van der Waals surface area contributed by atoms with E-state index in [-0.39, 0.29) is 32.8 Å². The fraction of sp³-hybridized carbons (Fsp3) is 0.400. The van der Waals surface area contributed by atoms with Gasteiger partial charge in [0.15, 0.2) is 11.5 Å². The van der Waals surface area contributed by atoms with Gasteiger partial charge in [-0.1, -0.05) is 11.6 Å². The third-order valence-electron chi connectivity index (χ3n) is 4.67. The van der Waals surface area contributed by atoms with Crippen LogP contribution < -0.4 is 9.47 Å². The van der Waals surface area contributed by atoms with Crippen LogP contribution in [0.2, 0.25) is 5.02 Å². The molecule has 30 heavy (non-hydrogen) atoms. The molecule has 1 aliphatic rings. The van der Waals surface area contributed by atoms with Crippen LogP contribution in [-0.4, -0.2) is 38.4 Å². The van der Waals surface area contributed by atoms with E-state index in [1.54, 1.807) is 19.1 Å². The van der Waals surface area contributed by atoms with Crippen molar-refractivity contribution in [3.05, 3.63) is 39.7 Å². The molecule has 0 aliphatic carbocycles. The number of carbonyl (C=O) groups is 1. The quantitative estimate of drug-likeness (QED) is 0.469. The summed E-state index contributed by atoms with van der Waals surface area (Å²) in [4.78, 5) is 13.7. The molecule has 1 aromatic heterocycles. The first-order valence-corrected chi connectivity index (χ1v) is 12.0. The number of halogens is 1. The Labute approximate surface area is 184 Å². The molecule has 0 saturated carbocycles. The monoisotopic (exact) mass is 468 g/mol. The predicted molar refractivity (Wildman–Crippen MR) is 114 cm³/mol. The normalized spacial score (nSPS) is 17.3. The van der Waals surface area contributed by atoms with E-state index in [1.807, 2.05) is 13.0 Å². The average Bonchev–Trinajstić information content (AvgIpc) is 3.17. The van der Waals surface area contributed by atoms with Crippen LogP contribution in [0.4, 0.5) is 0 Å². The van der Waals surface area contributed by atoms with Gasteiger partial charge in [-0.3, -0.25) is 4.79 Å². The minimum atomic E-state index is -3.66. The Morgan fingerprint density at radius 3 is 2.80 bits per heavy atom. The van der Waals surface area contributed by atoms with E-state index in [1.165, 1.54) is 27.8 Å². The molecular weight excluding hydrogens is 448 g/mol. The topological polar surface area (TPSA) is 96.7 Å². The summed E-state index contributed by atoms with van der Waals surface area (Å²) >= 11 is 7.41. The molecule has 0 N–H and O–H groups in total. The molecule has 1 aromatic carbocycles. The minimum Gasteiger partial charge on any atom is -0.490 e. The van der Waals surface area contributed by atoms with Gasteiger partial charge >= 0.3 is 5.97 Å². The number of esters is 1. The van der Waals surface area contributed by atoms with Crippen molar-refractivity contribution in [1.82, 2.24) is 4.31 Å². The Hall–Kier alpha value is -2.12. The average molecular weight is 469 g/mol. The highest BCUT2D eigenvalue weighted by atomic mass is 35.5. The first kappa shape index (κ1) is 22.6. The van der Waals surface area contributed by atoms with Crippen LogP contribution >= 0.6 is 22.9 Å². The summed E-state index contributed by atoms with van der Waals surface area (Å²) in [6.07, 6.45) is 1.05. The molecular formula is C20H21ClN2O5S2. The van der Waals surface area contributed by atoms with E-state index >= 15 is 0 Å². The highest BCUT2D eigenvalue weighted by molar-refractivity contribution is 7.91. The lowest BCUT2D eigenvalue weighted by Gasteiger charge is -2.30. The van der Waals surface area contributed by atoms with Gasteiger partial charge in [0.2, 0.25) is 0 Å². The molecule has 7 nitrogen and oxygen atoms in total. The van der Waals surface area contributed by atoms with Crippen LogP contribution in [0.15, 0.2) is 28.5 Å². The molecule has 1 atom stereocenters. The van der Waals surface area contributed by atoms with Gasteiger partial charge in [-0.15, -0.1) is 11.3 Å². The predicted octanol–water partition coefficient (Wildman–Crippen LogP) is 3.99.